The standard InChI is InChI=1S/C21H22ClN3O4S/c1-30(27,28)19-12-16(23-20(26)11-14-4-2-3-5-18(14)22)10-15-13-25(24-21(15)19)8-9-29-17-6-7-17/h2-5,10,12-13,17H,6-9,11H2,1H3,(H,23,26). The second kappa shape index (κ2) is 8.37. The van der Waals surface area contributed by atoms with Crippen LogP contribution in [-0.4, -0.2) is 43.1 Å². The van der Waals surface area contributed by atoms with E-state index in [4.69, 9.17) is 16.3 Å². The normalized spacial score (nSPS) is 14.2. The first-order valence-corrected chi connectivity index (χ1v) is 11.9. The van der Waals surface area contributed by atoms with Crippen LogP contribution in [-0.2, 0) is 32.3 Å². The van der Waals surface area contributed by atoms with E-state index >= 15 is 0 Å². The van der Waals surface area contributed by atoms with Crippen LogP contribution in [0.1, 0.15) is 18.4 Å². The van der Waals surface area contributed by atoms with Crippen LogP contribution in [0.3, 0.4) is 0 Å². The number of sulfone groups is 1. The maximum absolute atomic E-state index is 12.5. The predicted octanol–water partition coefficient (Wildman–Crippen LogP) is 3.45. The second-order valence-electron chi connectivity index (χ2n) is 7.46. The molecule has 158 valence electrons. The number of fused-ring (bicyclic) bond motifs is 1. The molecule has 0 spiro atoms. The molecule has 1 saturated carbocycles. The van der Waals surface area contributed by atoms with Crippen LogP contribution in [0.15, 0.2) is 47.5 Å². The van der Waals surface area contributed by atoms with E-state index < -0.39 is 9.84 Å². The fourth-order valence-corrected chi connectivity index (χ4v) is 4.24. The number of hydrogen-bond acceptors (Lipinski definition) is 5. The predicted molar refractivity (Wildman–Crippen MR) is 116 cm³/mol. The van der Waals surface area contributed by atoms with Gasteiger partial charge in [0.1, 0.15) is 5.52 Å². The van der Waals surface area contributed by atoms with Crippen LogP contribution in [0.4, 0.5) is 5.69 Å². The summed E-state index contributed by atoms with van der Waals surface area (Å²) in [5, 5.41) is 8.34. The van der Waals surface area contributed by atoms with E-state index in [9.17, 15) is 13.2 Å². The molecule has 1 heterocycles. The summed E-state index contributed by atoms with van der Waals surface area (Å²) >= 11 is 6.12. The van der Waals surface area contributed by atoms with Gasteiger partial charge in [-0.1, -0.05) is 29.8 Å². The van der Waals surface area contributed by atoms with Gasteiger partial charge in [-0.05, 0) is 36.6 Å². The topological polar surface area (TPSA) is 90.3 Å². The maximum Gasteiger partial charge on any atom is 0.228 e. The summed E-state index contributed by atoms with van der Waals surface area (Å²) in [4.78, 5) is 12.6. The summed E-state index contributed by atoms with van der Waals surface area (Å²) in [6.45, 7) is 1.05. The number of benzene rings is 2. The van der Waals surface area contributed by atoms with Crippen LogP contribution < -0.4 is 5.32 Å². The average Bonchev–Trinajstić information content (AvgIpc) is 3.40. The summed E-state index contributed by atoms with van der Waals surface area (Å²) in [6.07, 6.45) is 5.52. The van der Waals surface area contributed by atoms with Crippen molar-refractivity contribution in [3.63, 3.8) is 0 Å². The molecule has 0 bridgehead atoms. The number of rotatable bonds is 8. The van der Waals surface area contributed by atoms with Crippen molar-refractivity contribution in [1.29, 1.82) is 0 Å². The molecule has 1 fully saturated rings. The molecular formula is C21H22ClN3O4S. The Labute approximate surface area is 179 Å². The van der Waals surface area contributed by atoms with E-state index in [1.807, 2.05) is 6.07 Å². The van der Waals surface area contributed by atoms with Gasteiger partial charge in [0.2, 0.25) is 5.91 Å². The van der Waals surface area contributed by atoms with Crippen LogP contribution in [0.25, 0.3) is 10.9 Å². The molecule has 4 rings (SSSR count). The molecule has 1 amide bonds. The van der Waals surface area contributed by atoms with Gasteiger partial charge in [0.05, 0.1) is 30.6 Å². The number of nitrogens with one attached hydrogen (secondary N) is 1. The summed E-state index contributed by atoms with van der Waals surface area (Å²) in [5.41, 5.74) is 1.48. The lowest BCUT2D eigenvalue weighted by Gasteiger charge is -2.09. The quantitative estimate of drug-likeness (QED) is 0.571. The molecule has 1 N–H and O–H groups in total. The van der Waals surface area contributed by atoms with Gasteiger partial charge in [0.25, 0.3) is 0 Å². The van der Waals surface area contributed by atoms with Crippen LogP contribution in [0.2, 0.25) is 5.02 Å². The largest absolute Gasteiger partial charge is 0.376 e. The first-order valence-electron chi connectivity index (χ1n) is 9.66. The zero-order chi connectivity index (χ0) is 21.3. The number of carbonyl (C=O) groups excluding carboxylic acids is 1. The van der Waals surface area contributed by atoms with Crippen molar-refractivity contribution in [2.24, 2.45) is 0 Å². The zero-order valence-electron chi connectivity index (χ0n) is 16.5. The van der Waals surface area contributed by atoms with Gasteiger partial charge >= 0.3 is 0 Å². The van der Waals surface area contributed by atoms with Crippen molar-refractivity contribution >= 4 is 43.9 Å². The molecule has 1 aliphatic carbocycles. The fourth-order valence-electron chi connectivity index (χ4n) is 3.19. The van der Waals surface area contributed by atoms with Gasteiger partial charge in [-0.25, -0.2) is 8.42 Å². The van der Waals surface area contributed by atoms with Crippen molar-refractivity contribution in [2.45, 2.75) is 36.8 Å². The Morgan fingerprint density at radius 3 is 2.77 bits per heavy atom. The van der Waals surface area contributed by atoms with E-state index in [0.717, 1.165) is 19.1 Å². The van der Waals surface area contributed by atoms with E-state index in [1.165, 1.54) is 6.07 Å². The number of ether oxygens (including phenoxy) is 1. The Kier molecular flexibility index (Phi) is 5.81. The molecule has 1 aromatic heterocycles. The lowest BCUT2D eigenvalue weighted by atomic mass is 10.1. The minimum atomic E-state index is -3.54. The average molecular weight is 448 g/mol. The van der Waals surface area contributed by atoms with E-state index in [1.54, 1.807) is 35.1 Å². The number of amides is 1. The maximum atomic E-state index is 12.5. The molecule has 0 radical (unpaired) electrons. The van der Waals surface area contributed by atoms with Gasteiger partial charge < -0.3 is 10.1 Å². The van der Waals surface area contributed by atoms with E-state index in [2.05, 4.69) is 10.4 Å². The summed E-state index contributed by atoms with van der Waals surface area (Å²) in [6, 6.07) is 10.3. The van der Waals surface area contributed by atoms with Crippen LogP contribution >= 0.6 is 11.6 Å². The molecule has 0 unspecified atom stereocenters. The van der Waals surface area contributed by atoms with Crippen molar-refractivity contribution in [1.82, 2.24) is 9.78 Å². The number of carbonyl (C=O) groups is 1. The molecule has 30 heavy (non-hydrogen) atoms. The monoisotopic (exact) mass is 447 g/mol. The number of anilines is 1. The lowest BCUT2D eigenvalue weighted by molar-refractivity contribution is -0.115. The van der Waals surface area contributed by atoms with E-state index in [0.29, 0.717) is 46.4 Å². The second-order valence-corrected chi connectivity index (χ2v) is 9.85. The molecule has 7 nitrogen and oxygen atoms in total. The third-order valence-electron chi connectivity index (χ3n) is 4.81. The third kappa shape index (κ3) is 5.00. The molecule has 9 heteroatoms. The van der Waals surface area contributed by atoms with Gasteiger partial charge in [-0.3, -0.25) is 9.48 Å². The smallest absolute Gasteiger partial charge is 0.228 e. The third-order valence-corrected chi connectivity index (χ3v) is 6.29. The minimum absolute atomic E-state index is 0.0786. The highest BCUT2D eigenvalue weighted by Gasteiger charge is 2.22. The Hall–Kier alpha value is -2.42. The van der Waals surface area contributed by atoms with Crippen molar-refractivity contribution < 1.29 is 17.9 Å². The molecule has 0 aliphatic heterocycles. The lowest BCUT2D eigenvalue weighted by Crippen LogP contribution is -2.15. The molecule has 0 atom stereocenters. The molecule has 1 aliphatic rings. The minimum Gasteiger partial charge on any atom is -0.376 e. The first-order chi connectivity index (χ1) is 14.3. The van der Waals surface area contributed by atoms with Crippen molar-refractivity contribution in [3.8, 4) is 0 Å². The SMILES string of the molecule is CS(=O)(=O)c1cc(NC(=O)Cc2ccccc2Cl)cc2cn(CCOC3CC3)nc12. The summed E-state index contributed by atoms with van der Waals surface area (Å²) in [7, 11) is -3.54. The Morgan fingerprint density at radius 2 is 2.07 bits per heavy atom. The number of nitrogens with zero attached hydrogens (tertiary/aromatic N) is 2. The number of aromatic nitrogens is 2. The van der Waals surface area contributed by atoms with Crippen molar-refractivity contribution in [2.75, 3.05) is 18.2 Å². The van der Waals surface area contributed by atoms with E-state index in [-0.39, 0.29) is 17.2 Å². The number of halogens is 1. The van der Waals surface area contributed by atoms with Crippen LogP contribution in [0, 0.1) is 0 Å². The highest BCUT2D eigenvalue weighted by Crippen LogP contribution is 2.27. The molecule has 0 saturated heterocycles. The summed E-state index contributed by atoms with van der Waals surface area (Å²) in [5.74, 6) is -0.285. The van der Waals surface area contributed by atoms with Gasteiger partial charge in [-0.2, -0.15) is 5.10 Å². The Balaban J connectivity index is 1.57. The zero-order valence-corrected chi connectivity index (χ0v) is 18.0. The van der Waals surface area contributed by atoms with Gasteiger partial charge in [0, 0.05) is 28.5 Å². The fraction of sp³-hybridized carbons (Fsp3) is 0.333. The van der Waals surface area contributed by atoms with Crippen molar-refractivity contribution in [3.05, 3.63) is 53.2 Å². The molecule has 3 aromatic rings. The highest BCUT2D eigenvalue weighted by molar-refractivity contribution is 7.91. The van der Waals surface area contributed by atoms with Gasteiger partial charge in [0.15, 0.2) is 9.84 Å². The Morgan fingerprint density at radius 1 is 1.30 bits per heavy atom. The number of hydrogen-bond donors (Lipinski definition) is 1. The molecule has 2 aromatic carbocycles. The van der Waals surface area contributed by atoms with Crippen LogP contribution in [0.5, 0.6) is 0 Å². The Bertz CT molecular complexity index is 1200. The van der Waals surface area contributed by atoms with Gasteiger partial charge in [-0.15, -0.1) is 0 Å². The summed E-state index contributed by atoms with van der Waals surface area (Å²) < 4.78 is 32.0. The first kappa shape index (κ1) is 20.8. The molecular weight excluding hydrogens is 426 g/mol. The highest BCUT2D eigenvalue weighted by atomic mass is 35.5.